The largest absolute Gasteiger partial charge is 0.493 e. The molecule has 1 aromatic heterocycles. The lowest BCUT2D eigenvalue weighted by atomic mass is 10.1. The smallest absolute Gasteiger partial charge is 0.341 e. The summed E-state index contributed by atoms with van der Waals surface area (Å²) in [6.45, 7) is 1.28. The third-order valence-corrected chi connectivity index (χ3v) is 3.87. The normalized spacial score (nSPS) is 11.0. The van der Waals surface area contributed by atoms with E-state index in [1.54, 1.807) is 37.3 Å². The molecule has 8 heteroatoms. The molecule has 7 nitrogen and oxygen atoms in total. The fraction of sp³-hybridized carbons (Fsp3) is 0.188. The number of nitrogens with one attached hydrogen (secondary N) is 1. The molecule has 0 atom stereocenters. The summed E-state index contributed by atoms with van der Waals surface area (Å²) < 4.78 is 10.3. The fourth-order valence-electron chi connectivity index (χ4n) is 1.81. The van der Waals surface area contributed by atoms with Gasteiger partial charge in [0.1, 0.15) is 0 Å². The summed E-state index contributed by atoms with van der Waals surface area (Å²) in [6, 6.07) is 8.46. The van der Waals surface area contributed by atoms with Gasteiger partial charge in [0.05, 0.1) is 17.7 Å². The minimum atomic E-state index is -1.07. The van der Waals surface area contributed by atoms with Gasteiger partial charge in [-0.25, -0.2) is 10.2 Å². The molecule has 0 aliphatic carbocycles. The lowest BCUT2D eigenvalue weighted by Crippen LogP contribution is -2.18. The lowest BCUT2D eigenvalue weighted by molar-refractivity contribution is -0.139. The van der Waals surface area contributed by atoms with Crippen LogP contribution in [0.25, 0.3) is 0 Å². The van der Waals surface area contributed by atoms with Gasteiger partial charge in [0.25, 0.3) is 5.91 Å². The Kier molecular flexibility index (Phi) is 5.91. The van der Waals surface area contributed by atoms with Crippen LogP contribution >= 0.6 is 11.3 Å². The highest BCUT2D eigenvalue weighted by Gasteiger charge is 2.10. The highest BCUT2D eigenvalue weighted by Crippen LogP contribution is 2.28. The fourth-order valence-corrected chi connectivity index (χ4v) is 2.43. The van der Waals surface area contributed by atoms with Crippen molar-refractivity contribution < 1.29 is 24.2 Å². The molecule has 2 N–H and O–H groups in total. The number of hydrazone groups is 1. The van der Waals surface area contributed by atoms with Crippen LogP contribution < -0.4 is 14.9 Å². The van der Waals surface area contributed by atoms with Crippen molar-refractivity contribution in [2.45, 2.75) is 6.92 Å². The molecule has 0 bridgehead atoms. The highest BCUT2D eigenvalue weighted by atomic mass is 32.1. The number of hydrogen-bond donors (Lipinski definition) is 2. The number of ether oxygens (including phenoxy) is 2. The molecule has 0 fully saturated rings. The zero-order chi connectivity index (χ0) is 17.5. The summed E-state index contributed by atoms with van der Waals surface area (Å²) in [5, 5.41) is 14.5. The number of benzene rings is 1. The summed E-state index contributed by atoms with van der Waals surface area (Å²) in [7, 11) is 1.46. The van der Waals surface area contributed by atoms with E-state index in [1.165, 1.54) is 18.4 Å². The first-order valence-corrected chi connectivity index (χ1v) is 7.80. The van der Waals surface area contributed by atoms with E-state index in [0.29, 0.717) is 27.7 Å². The molecular weight excluding hydrogens is 332 g/mol. The lowest BCUT2D eigenvalue weighted by Gasteiger charge is -2.11. The van der Waals surface area contributed by atoms with Gasteiger partial charge in [0, 0.05) is 5.56 Å². The molecule has 2 rings (SSSR count). The molecule has 1 aromatic carbocycles. The van der Waals surface area contributed by atoms with Crippen LogP contribution in [0.1, 0.15) is 22.2 Å². The molecule has 126 valence electrons. The standard InChI is InChI=1S/C16H16N2O5S/c1-10(17-18-16(21)14-4-3-7-24-14)11-5-6-12(13(8-11)22-2)23-9-15(19)20/h3-8H,9H2,1-2H3,(H,18,21)(H,19,20). The maximum Gasteiger partial charge on any atom is 0.341 e. The molecule has 24 heavy (non-hydrogen) atoms. The van der Waals surface area contributed by atoms with Gasteiger partial charge in [-0.1, -0.05) is 6.07 Å². The maximum atomic E-state index is 11.9. The quantitative estimate of drug-likeness (QED) is 0.591. The average Bonchev–Trinajstić information content (AvgIpc) is 3.11. The van der Waals surface area contributed by atoms with E-state index in [1.807, 2.05) is 5.38 Å². The number of rotatable bonds is 7. The van der Waals surface area contributed by atoms with Gasteiger partial charge in [0.15, 0.2) is 18.1 Å². The first kappa shape index (κ1) is 17.5. The molecule has 0 aliphatic rings. The molecule has 0 aliphatic heterocycles. The number of nitrogens with zero attached hydrogens (tertiary/aromatic N) is 1. The zero-order valence-corrected chi connectivity index (χ0v) is 13.9. The van der Waals surface area contributed by atoms with Crippen molar-refractivity contribution in [3.8, 4) is 11.5 Å². The summed E-state index contributed by atoms with van der Waals surface area (Å²) in [6.07, 6.45) is 0. The van der Waals surface area contributed by atoms with Gasteiger partial charge in [-0.2, -0.15) is 5.10 Å². The van der Waals surface area contributed by atoms with E-state index in [-0.39, 0.29) is 5.91 Å². The Bertz CT molecular complexity index is 756. The number of aliphatic carboxylic acids is 1. The van der Waals surface area contributed by atoms with Gasteiger partial charge in [0.2, 0.25) is 0 Å². The summed E-state index contributed by atoms with van der Waals surface area (Å²) in [4.78, 5) is 23.0. The molecule has 1 heterocycles. The summed E-state index contributed by atoms with van der Waals surface area (Å²) >= 11 is 1.33. The molecule has 0 radical (unpaired) electrons. The van der Waals surface area contributed by atoms with Crippen LogP contribution in [-0.2, 0) is 4.79 Å². The van der Waals surface area contributed by atoms with Gasteiger partial charge >= 0.3 is 5.97 Å². The van der Waals surface area contributed by atoms with Crippen molar-refractivity contribution >= 4 is 28.9 Å². The number of amides is 1. The molecule has 1 amide bonds. The monoisotopic (exact) mass is 348 g/mol. The van der Waals surface area contributed by atoms with E-state index in [2.05, 4.69) is 10.5 Å². The predicted octanol–water partition coefficient (Wildman–Crippen LogP) is 2.37. The Morgan fingerprint density at radius 3 is 2.71 bits per heavy atom. The van der Waals surface area contributed by atoms with Crippen LogP contribution in [0.15, 0.2) is 40.8 Å². The topological polar surface area (TPSA) is 97.2 Å². The van der Waals surface area contributed by atoms with Crippen LogP contribution in [0.5, 0.6) is 11.5 Å². The van der Waals surface area contributed by atoms with Gasteiger partial charge in [-0.15, -0.1) is 11.3 Å². The highest BCUT2D eigenvalue weighted by molar-refractivity contribution is 7.12. The molecule has 0 saturated carbocycles. The molecule has 2 aromatic rings. The van der Waals surface area contributed by atoms with Gasteiger partial charge < -0.3 is 14.6 Å². The Balaban J connectivity index is 2.11. The molecule has 0 saturated heterocycles. The van der Waals surface area contributed by atoms with E-state index >= 15 is 0 Å². The SMILES string of the molecule is COc1cc(C(C)=NNC(=O)c2cccs2)ccc1OCC(=O)O. The van der Waals surface area contributed by atoms with Crippen molar-refractivity contribution in [2.24, 2.45) is 5.10 Å². The third kappa shape index (κ3) is 4.56. The predicted molar refractivity (Wildman–Crippen MR) is 90.1 cm³/mol. The second-order valence-corrected chi connectivity index (χ2v) is 5.61. The molecular formula is C16H16N2O5S. The van der Waals surface area contributed by atoms with E-state index in [0.717, 1.165) is 0 Å². The van der Waals surface area contributed by atoms with Crippen LogP contribution in [0.3, 0.4) is 0 Å². The van der Waals surface area contributed by atoms with Crippen molar-refractivity contribution in [3.05, 3.63) is 46.2 Å². The van der Waals surface area contributed by atoms with Crippen molar-refractivity contribution in [3.63, 3.8) is 0 Å². The number of thiophene rings is 1. The Morgan fingerprint density at radius 2 is 2.08 bits per heavy atom. The van der Waals surface area contributed by atoms with Crippen molar-refractivity contribution in [2.75, 3.05) is 13.7 Å². The number of carboxylic acids is 1. The maximum absolute atomic E-state index is 11.9. The van der Waals surface area contributed by atoms with Gasteiger partial charge in [-0.3, -0.25) is 4.79 Å². The van der Waals surface area contributed by atoms with Crippen LogP contribution in [0.4, 0.5) is 0 Å². The van der Waals surface area contributed by atoms with Crippen LogP contribution in [0.2, 0.25) is 0 Å². The first-order valence-electron chi connectivity index (χ1n) is 6.92. The summed E-state index contributed by atoms with van der Waals surface area (Å²) in [5.74, 6) is -0.653. The van der Waals surface area contributed by atoms with E-state index in [4.69, 9.17) is 14.6 Å². The number of carbonyl (C=O) groups is 2. The van der Waals surface area contributed by atoms with E-state index in [9.17, 15) is 9.59 Å². The second kappa shape index (κ2) is 8.11. The van der Waals surface area contributed by atoms with Crippen LogP contribution in [-0.4, -0.2) is 36.4 Å². The number of carboxylic acid groups (broad SMARTS) is 1. The minimum Gasteiger partial charge on any atom is -0.493 e. The number of carbonyl (C=O) groups excluding carboxylic acids is 1. The third-order valence-electron chi connectivity index (χ3n) is 3.00. The van der Waals surface area contributed by atoms with Crippen molar-refractivity contribution in [1.29, 1.82) is 0 Å². The van der Waals surface area contributed by atoms with Gasteiger partial charge in [-0.05, 0) is 36.6 Å². The number of methoxy groups -OCH3 is 1. The summed E-state index contributed by atoms with van der Waals surface area (Å²) in [5.41, 5.74) is 3.77. The molecule has 0 unspecified atom stereocenters. The number of hydrogen-bond acceptors (Lipinski definition) is 6. The average molecular weight is 348 g/mol. The first-order chi connectivity index (χ1) is 11.5. The minimum absolute atomic E-state index is 0.280. The Hall–Kier alpha value is -2.87. The van der Waals surface area contributed by atoms with E-state index < -0.39 is 12.6 Å². The zero-order valence-electron chi connectivity index (χ0n) is 13.1. The Labute approximate surface area is 142 Å². The van der Waals surface area contributed by atoms with Crippen molar-refractivity contribution in [1.82, 2.24) is 5.43 Å². The van der Waals surface area contributed by atoms with Crippen LogP contribution in [0, 0.1) is 0 Å². The molecule has 0 spiro atoms. The Morgan fingerprint density at radius 1 is 1.29 bits per heavy atom. The second-order valence-electron chi connectivity index (χ2n) is 4.66.